The van der Waals surface area contributed by atoms with E-state index >= 15 is 0 Å². The number of carbonyl (C=O) groups is 2. The topological polar surface area (TPSA) is 67.9 Å². The molecule has 0 aromatic heterocycles. The van der Waals surface area contributed by atoms with Gasteiger partial charge in [-0.15, -0.1) is 0 Å². The molecule has 2 amide bonds. The highest BCUT2D eigenvalue weighted by Crippen LogP contribution is 2.51. The number of nitrogens with zero attached hydrogens (tertiary/aromatic N) is 1. The number of likely N-dealkylation sites (tertiary alicyclic amines) is 1. The largest absolute Gasteiger partial charge is 0.493 e. The predicted octanol–water partition coefficient (Wildman–Crippen LogP) is 1.99. The average molecular weight is 382 g/mol. The van der Waals surface area contributed by atoms with Crippen LogP contribution in [-0.4, -0.2) is 48.1 Å². The molecule has 0 radical (unpaired) electrons. The maximum Gasteiger partial charge on any atom is 0.230 e. The van der Waals surface area contributed by atoms with Crippen LogP contribution in [-0.2, 0) is 20.7 Å². The van der Waals surface area contributed by atoms with Crippen molar-refractivity contribution >= 4 is 11.8 Å². The molecule has 28 heavy (non-hydrogen) atoms. The standard InChI is InChI=1S/C22H26N2O4/c1-3-24-12-22-9-8-17(28-22)18(19(22)21(24)26)20(25)23-13(2)14-6-7-16-15(11-14)5-4-10-27-16/h6-9,11,13,17-19H,3-5,10,12H2,1-2H3,(H,23,25)/t13-,17+,18-,19+,22+/m0/s1. The molecular weight excluding hydrogens is 356 g/mol. The maximum atomic E-state index is 13.2. The van der Waals surface area contributed by atoms with Gasteiger partial charge in [0.05, 0.1) is 37.1 Å². The summed E-state index contributed by atoms with van der Waals surface area (Å²) in [7, 11) is 0. The van der Waals surface area contributed by atoms with Gasteiger partial charge >= 0.3 is 0 Å². The predicted molar refractivity (Wildman–Crippen MR) is 103 cm³/mol. The molecule has 6 nitrogen and oxygen atoms in total. The van der Waals surface area contributed by atoms with Crippen molar-refractivity contribution in [2.45, 2.75) is 44.4 Å². The van der Waals surface area contributed by atoms with E-state index in [4.69, 9.17) is 9.47 Å². The summed E-state index contributed by atoms with van der Waals surface area (Å²) >= 11 is 0. The lowest BCUT2D eigenvalue weighted by Gasteiger charge is -2.26. The van der Waals surface area contributed by atoms with Gasteiger partial charge in [0.2, 0.25) is 11.8 Å². The first kappa shape index (κ1) is 17.7. The first-order chi connectivity index (χ1) is 13.5. The van der Waals surface area contributed by atoms with Crippen LogP contribution < -0.4 is 10.1 Å². The molecule has 0 aliphatic carbocycles. The van der Waals surface area contributed by atoms with E-state index in [1.54, 1.807) is 4.90 Å². The van der Waals surface area contributed by atoms with Gasteiger partial charge in [0.15, 0.2) is 0 Å². The number of carbonyl (C=O) groups excluding carboxylic acids is 2. The van der Waals surface area contributed by atoms with Crippen molar-refractivity contribution in [3.63, 3.8) is 0 Å². The molecule has 2 saturated heterocycles. The summed E-state index contributed by atoms with van der Waals surface area (Å²) in [6, 6.07) is 5.98. The van der Waals surface area contributed by atoms with Gasteiger partial charge in [-0.3, -0.25) is 9.59 Å². The minimum absolute atomic E-state index is 0.0353. The normalized spacial score (nSPS) is 33.4. The molecule has 6 heteroatoms. The molecule has 2 fully saturated rings. The number of benzene rings is 1. The summed E-state index contributed by atoms with van der Waals surface area (Å²) < 4.78 is 11.8. The molecule has 5 atom stereocenters. The van der Waals surface area contributed by atoms with Gasteiger partial charge in [-0.1, -0.05) is 24.3 Å². The Balaban J connectivity index is 1.34. The molecule has 5 rings (SSSR count). The molecule has 2 bridgehead atoms. The monoisotopic (exact) mass is 382 g/mol. The zero-order valence-electron chi connectivity index (χ0n) is 16.3. The van der Waals surface area contributed by atoms with Crippen molar-refractivity contribution in [2.75, 3.05) is 19.7 Å². The van der Waals surface area contributed by atoms with E-state index in [9.17, 15) is 9.59 Å². The number of rotatable bonds is 4. The summed E-state index contributed by atoms with van der Waals surface area (Å²) in [5.41, 5.74) is 1.63. The van der Waals surface area contributed by atoms with Crippen LogP contribution in [0.5, 0.6) is 5.75 Å². The number of hydrogen-bond acceptors (Lipinski definition) is 4. The molecule has 1 aromatic rings. The number of ether oxygens (including phenoxy) is 2. The number of hydrogen-bond donors (Lipinski definition) is 1. The van der Waals surface area contributed by atoms with Gasteiger partial charge < -0.3 is 19.7 Å². The third-order valence-corrected chi connectivity index (χ3v) is 6.65. The quantitative estimate of drug-likeness (QED) is 0.809. The van der Waals surface area contributed by atoms with Gasteiger partial charge in [0, 0.05) is 6.54 Å². The fourth-order valence-corrected chi connectivity index (χ4v) is 5.19. The van der Waals surface area contributed by atoms with Crippen molar-refractivity contribution in [3.8, 4) is 5.75 Å². The zero-order chi connectivity index (χ0) is 19.5. The minimum atomic E-state index is -0.619. The molecule has 4 aliphatic heterocycles. The maximum absolute atomic E-state index is 13.2. The SMILES string of the molecule is CCN1C[C@@]23C=C[C@@H](O2)[C@H](C(=O)N[C@@H](C)c2ccc4c(c2)CCCO4)[C@@H]3C1=O. The van der Waals surface area contributed by atoms with E-state index in [2.05, 4.69) is 11.4 Å². The zero-order valence-corrected chi connectivity index (χ0v) is 16.3. The van der Waals surface area contributed by atoms with E-state index in [0.717, 1.165) is 30.8 Å². The minimum Gasteiger partial charge on any atom is -0.493 e. The van der Waals surface area contributed by atoms with Crippen molar-refractivity contribution in [1.29, 1.82) is 0 Å². The highest BCUT2D eigenvalue weighted by atomic mass is 16.5. The molecule has 1 spiro atoms. The van der Waals surface area contributed by atoms with Gasteiger partial charge in [-0.05, 0) is 43.9 Å². The molecule has 0 unspecified atom stereocenters. The van der Waals surface area contributed by atoms with Gasteiger partial charge in [0.1, 0.15) is 11.4 Å². The van der Waals surface area contributed by atoms with Gasteiger partial charge in [0.25, 0.3) is 0 Å². The van der Waals surface area contributed by atoms with Crippen molar-refractivity contribution in [1.82, 2.24) is 10.2 Å². The highest BCUT2D eigenvalue weighted by molar-refractivity contribution is 5.93. The average Bonchev–Trinajstić information content (AvgIpc) is 3.35. The Morgan fingerprint density at radius 3 is 3.11 bits per heavy atom. The van der Waals surface area contributed by atoms with E-state index in [0.29, 0.717) is 13.1 Å². The van der Waals surface area contributed by atoms with E-state index in [1.165, 1.54) is 5.56 Å². The number of amides is 2. The Labute approximate surface area is 164 Å². The van der Waals surface area contributed by atoms with Crippen molar-refractivity contribution < 1.29 is 19.1 Å². The first-order valence-corrected chi connectivity index (χ1v) is 10.2. The number of fused-ring (bicyclic) bond motifs is 2. The van der Waals surface area contributed by atoms with Crippen LogP contribution >= 0.6 is 0 Å². The second kappa shape index (κ2) is 6.34. The molecule has 1 N–H and O–H groups in total. The van der Waals surface area contributed by atoms with E-state index in [1.807, 2.05) is 38.1 Å². The van der Waals surface area contributed by atoms with E-state index < -0.39 is 17.4 Å². The Morgan fingerprint density at radius 1 is 1.43 bits per heavy atom. The van der Waals surface area contributed by atoms with Crippen LogP contribution in [0.2, 0.25) is 0 Å². The Kier molecular flexibility index (Phi) is 4.02. The summed E-state index contributed by atoms with van der Waals surface area (Å²) in [4.78, 5) is 27.8. The van der Waals surface area contributed by atoms with Crippen LogP contribution in [0.4, 0.5) is 0 Å². The smallest absolute Gasteiger partial charge is 0.230 e. The molecule has 0 saturated carbocycles. The van der Waals surface area contributed by atoms with Crippen LogP contribution in [0.25, 0.3) is 0 Å². The Hall–Kier alpha value is -2.34. The molecule has 4 heterocycles. The fraction of sp³-hybridized carbons (Fsp3) is 0.545. The van der Waals surface area contributed by atoms with E-state index in [-0.39, 0.29) is 24.0 Å². The summed E-state index contributed by atoms with van der Waals surface area (Å²) in [5, 5.41) is 3.13. The van der Waals surface area contributed by atoms with Crippen molar-refractivity contribution in [3.05, 3.63) is 41.5 Å². The molecule has 148 valence electrons. The molecular formula is C22H26N2O4. The lowest BCUT2D eigenvalue weighted by Crippen LogP contribution is -2.44. The van der Waals surface area contributed by atoms with Crippen LogP contribution in [0, 0.1) is 11.8 Å². The third-order valence-electron chi connectivity index (χ3n) is 6.65. The Morgan fingerprint density at radius 2 is 2.29 bits per heavy atom. The number of aryl methyl sites for hydroxylation is 1. The number of nitrogens with one attached hydrogen (secondary N) is 1. The summed E-state index contributed by atoms with van der Waals surface area (Å²) in [6.45, 7) is 5.90. The summed E-state index contributed by atoms with van der Waals surface area (Å²) in [6.07, 6.45) is 5.65. The lowest BCUT2D eigenvalue weighted by atomic mass is 9.76. The molecule has 1 aromatic carbocycles. The van der Waals surface area contributed by atoms with Crippen LogP contribution in [0.15, 0.2) is 30.4 Å². The first-order valence-electron chi connectivity index (χ1n) is 10.2. The summed E-state index contributed by atoms with van der Waals surface area (Å²) in [5.74, 6) is 0.00411. The second-order valence-corrected chi connectivity index (χ2v) is 8.30. The lowest BCUT2D eigenvalue weighted by molar-refractivity contribution is -0.137. The van der Waals surface area contributed by atoms with Crippen molar-refractivity contribution in [2.24, 2.45) is 11.8 Å². The Bertz CT molecular complexity index is 866. The third kappa shape index (κ3) is 2.50. The van der Waals surface area contributed by atoms with Crippen LogP contribution in [0.3, 0.4) is 0 Å². The number of likely N-dealkylation sites (N-methyl/N-ethyl adjacent to an activating group) is 1. The molecule has 4 aliphatic rings. The van der Waals surface area contributed by atoms with Crippen LogP contribution in [0.1, 0.15) is 37.4 Å². The fourth-order valence-electron chi connectivity index (χ4n) is 5.19. The van der Waals surface area contributed by atoms with Gasteiger partial charge in [-0.25, -0.2) is 0 Å². The highest BCUT2D eigenvalue weighted by Gasteiger charge is 2.66. The van der Waals surface area contributed by atoms with Gasteiger partial charge in [-0.2, -0.15) is 0 Å². The second-order valence-electron chi connectivity index (χ2n) is 8.30.